The Bertz CT molecular complexity index is 237. The predicted octanol–water partition coefficient (Wildman–Crippen LogP) is 1.79. The van der Waals surface area contributed by atoms with Gasteiger partial charge in [-0.1, -0.05) is 6.92 Å². The molecule has 11 heavy (non-hydrogen) atoms. The zero-order chi connectivity index (χ0) is 8.48. The molecule has 1 aromatic heterocycles. The van der Waals surface area contributed by atoms with Gasteiger partial charge in [-0.3, -0.25) is 0 Å². The lowest BCUT2D eigenvalue weighted by molar-refractivity contribution is -0.852. The van der Waals surface area contributed by atoms with E-state index in [1.165, 1.54) is 5.69 Å². The van der Waals surface area contributed by atoms with Crippen LogP contribution in [0.5, 0.6) is 0 Å². The van der Waals surface area contributed by atoms with E-state index in [2.05, 4.69) is 20.8 Å². The molecule has 0 spiro atoms. The molecule has 2 heteroatoms. The molecule has 62 valence electrons. The van der Waals surface area contributed by atoms with E-state index in [-0.39, 0.29) is 5.41 Å². The van der Waals surface area contributed by atoms with Crippen molar-refractivity contribution in [1.29, 1.82) is 0 Å². The number of nitrogens with zero attached hydrogens (tertiary/aromatic N) is 1. The molecule has 1 aromatic rings. The van der Waals surface area contributed by atoms with E-state index in [4.69, 9.17) is 4.52 Å². The largest absolute Gasteiger partial charge is 0.245 e. The van der Waals surface area contributed by atoms with Gasteiger partial charge in [0.05, 0.1) is 11.5 Å². The van der Waals surface area contributed by atoms with E-state index in [1.807, 2.05) is 17.9 Å². The molecule has 1 heterocycles. The van der Waals surface area contributed by atoms with Crippen LogP contribution in [0.25, 0.3) is 0 Å². The third-order valence-corrected chi connectivity index (χ3v) is 2.36. The molecule has 2 nitrogen and oxygen atoms in total. The summed E-state index contributed by atoms with van der Waals surface area (Å²) < 4.78 is 6.99. The molecular formula is C9H16NO+. The van der Waals surface area contributed by atoms with Gasteiger partial charge in [0.15, 0.2) is 13.3 Å². The van der Waals surface area contributed by atoms with Crippen molar-refractivity contribution < 1.29 is 9.26 Å². The topological polar surface area (TPSA) is 17.0 Å². The first-order chi connectivity index (χ1) is 5.08. The summed E-state index contributed by atoms with van der Waals surface area (Å²) in [6, 6.07) is 2.03. The SMILES string of the molecule is CCC(C)(C)c1cco[n+]1C. The van der Waals surface area contributed by atoms with Crippen LogP contribution in [0, 0.1) is 0 Å². The minimum atomic E-state index is 0.224. The maximum Gasteiger partial charge on any atom is 0.236 e. The maximum absolute atomic E-state index is 5.17. The van der Waals surface area contributed by atoms with Crippen molar-refractivity contribution in [2.45, 2.75) is 32.6 Å². The van der Waals surface area contributed by atoms with E-state index in [1.54, 1.807) is 6.26 Å². The highest BCUT2D eigenvalue weighted by atomic mass is 16.5. The summed E-state index contributed by atoms with van der Waals surface area (Å²) in [4.78, 5) is 0. The van der Waals surface area contributed by atoms with E-state index < -0.39 is 0 Å². The van der Waals surface area contributed by atoms with E-state index in [0.29, 0.717) is 0 Å². The molecule has 0 unspecified atom stereocenters. The van der Waals surface area contributed by atoms with Crippen molar-refractivity contribution in [1.82, 2.24) is 0 Å². The van der Waals surface area contributed by atoms with Gasteiger partial charge >= 0.3 is 0 Å². The van der Waals surface area contributed by atoms with Crippen LogP contribution in [0.2, 0.25) is 0 Å². The quantitative estimate of drug-likeness (QED) is 0.593. The fourth-order valence-electron chi connectivity index (χ4n) is 1.18. The highest BCUT2D eigenvalue weighted by Gasteiger charge is 2.29. The van der Waals surface area contributed by atoms with Gasteiger partial charge in [-0.25, -0.2) is 4.52 Å². The lowest BCUT2D eigenvalue weighted by atomic mass is 9.86. The van der Waals surface area contributed by atoms with Crippen molar-refractivity contribution in [3.63, 3.8) is 0 Å². The summed E-state index contributed by atoms with van der Waals surface area (Å²) in [6.45, 7) is 6.63. The van der Waals surface area contributed by atoms with Crippen LogP contribution in [0.4, 0.5) is 0 Å². The average Bonchev–Trinajstić information content (AvgIpc) is 2.36. The predicted molar refractivity (Wildman–Crippen MR) is 43.2 cm³/mol. The first-order valence-electron chi connectivity index (χ1n) is 4.02. The third-order valence-electron chi connectivity index (χ3n) is 2.36. The Morgan fingerprint density at radius 2 is 2.18 bits per heavy atom. The number of hydrogen-bond donors (Lipinski definition) is 0. The van der Waals surface area contributed by atoms with Crippen molar-refractivity contribution in [2.75, 3.05) is 0 Å². The first-order valence-corrected chi connectivity index (χ1v) is 4.02. The monoisotopic (exact) mass is 154 g/mol. The minimum Gasteiger partial charge on any atom is -0.245 e. The van der Waals surface area contributed by atoms with Gasteiger partial charge in [-0.2, -0.15) is 0 Å². The van der Waals surface area contributed by atoms with Crippen LogP contribution in [0.15, 0.2) is 16.9 Å². The van der Waals surface area contributed by atoms with Gasteiger partial charge in [-0.15, -0.1) is 0 Å². The molecule has 0 aromatic carbocycles. The lowest BCUT2D eigenvalue weighted by Gasteiger charge is -2.15. The van der Waals surface area contributed by atoms with Crippen LogP contribution in [-0.2, 0) is 12.5 Å². The summed E-state index contributed by atoms with van der Waals surface area (Å²) in [5.74, 6) is 0. The second-order valence-electron chi connectivity index (χ2n) is 3.53. The van der Waals surface area contributed by atoms with Gasteiger partial charge in [-0.05, 0) is 25.0 Å². The summed E-state index contributed by atoms with van der Waals surface area (Å²) >= 11 is 0. The van der Waals surface area contributed by atoms with Crippen molar-refractivity contribution in [3.8, 4) is 0 Å². The molecule has 0 aliphatic carbocycles. The fourth-order valence-corrected chi connectivity index (χ4v) is 1.18. The Morgan fingerprint density at radius 3 is 2.55 bits per heavy atom. The fraction of sp³-hybridized carbons (Fsp3) is 0.667. The Labute approximate surface area is 67.8 Å². The van der Waals surface area contributed by atoms with Gasteiger partial charge < -0.3 is 0 Å². The van der Waals surface area contributed by atoms with E-state index >= 15 is 0 Å². The summed E-state index contributed by atoms with van der Waals surface area (Å²) in [7, 11) is 1.94. The highest BCUT2D eigenvalue weighted by molar-refractivity contribution is 5.04. The maximum atomic E-state index is 5.17. The lowest BCUT2D eigenvalue weighted by Crippen LogP contribution is -2.37. The Hall–Kier alpha value is -0.790. The number of aromatic nitrogens is 1. The van der Waals surface area contributed by atoms with Gasteiger partial charge in [0, 0.05) is 0 Å². The molecule has 0 saturated heterocycles. The second kappa shape index (κ2) is 2.68. The average molecular weight is 154 g/mol. The molecular weight excluding hydrogens is 138 g/mol. The Morgan fingerprint density at radius 1 is 1.55 bits per heavy atom. The molecule has 0 atom stereocenters. The van der Waals surface area contributed by atoms with E-state index in [0.717, 1.165) is 6.42 Å². The first kappa shape index (κ1) is 8.31. The Balaban J connectivity index is 3.00. The van der Waals surface area contributed by atoms with Crippen molar-refractivity contribution in [2.24, 2.45) is 7.05 Å². The molecule has 0 saturated carbocycles. The summed E-state index contributed by atoms with van der Waals surface area (Å²) in [6.07, 6.45) is 2.85. The molecule has 0 aliphatic rings. The molecule has 0 aliphatic heterocycles. The number of aryl methyl sites for hydroxylation is 1. The molecule has 0 bridgehead atoms. The molecule has 0 fully saturated rings. The van der Waals surface area contributed by atoms with Crippen molar-refractivity contribution in [3.05, 3.63) is 18.0 Å². The Kier molecular flexibility index (Phi) is 2.03. The van der Waals surface area contributed by atoms with Gasteiger partial charge in [0.1, 0.15) is 0 Å². The zero-order valence-corrected chi connectivity index (χ0v) is 7.72. The zero-order valence-electron chi connectivity index (χ0n) is 7.72. The van der Waals surface area contributed by atoms with E-state index in [9.17, 15) is 0 Å². The molecule has 0 radical (unpaired) electrons. The third kappa shape index (κ3) is 1.44. The standard InChI is InChI=1S/C9H16NO/c1-5-9(2,3)8-6-7-11-10(8)4/h6-7H,5H2,1-4H3/q+1. The van der Waals surface area contributed by atoms with Crippen LogP contribution in [0.3, 0.4) is 0 Å². The smallest absolute Gasteiger partial charge is 0.236 e. The summed E-state index contributed by atoms with van der Waals surface area (Å²) in [5.41, 5.74) is 1.47. The van der Waals surface area contributed by atoms with Crippen LogP contribution in [0.1, 0.15) is 32.9 Å². The normalized spacial score (nSPS) is 12.0. The minimum absolute atomic E-state index is 0.224. The van der Waals surface area contributed by atoms with Gasteiger partial charge in [0.2, 0.25) is 5.69 Å². The molecule has 0 N–H and O–H groups in total. The van der Waals surface area contributed by atoms with Crippen LogP contribution in [-0.4, -0.2) is 0 Å². The second-order valence-corrected chi connectivity index (χ2v) is 3.53. The van der Waals surface area contributed by atoms with Gasteiger partial charge in [0.25, 0.3) is 0 Å². The highest BCUT2D eigenvalue weighted by Crippen LogP contribution is 2.23. The molecule has 0 amide bonds. The summed E-state index contributed by atoms with van der Waals surface area (Å²) in [5, 5.41) is 0. The van der Waals surface area contributed by atoms with Crippen LogP contribution < -0.4 is 4.74 Å². The number of rotatable bonds is 2. The van der Waals surface area contributed by atoms with Crippen molar-refractivity contribution >= 4 is 0 Å². The van der Waals surface area contributed by atoms with Crippen LogP contribution >= 0.6 is 0 Å². The number of hydrogen-bond acceptors (Lipinski definition) is 1. The molecule has 1 rings (SSSR count).